The molecule has 154 valence electrons. The molecule has 2 aliphatic heterocycles. The van der Waals surface area contributed by atoms with Gasteiger partial charge in [0.2, 0.25) is 0 Å². The van der Waals surface area contributed by atoms with Crippen LogP contribution in [0.5, 0.6) is 0 Å². The fourth-order valence-electron chi connectivity index (χ4n) is 4.55. The molecule has 1 N–H and O–H groups in total. The van der Waals surface area contributed by atoms with Crippen molar-refractivity contribution in [2.45, 2.75) is 58.0 Å². The minimum absolute atomic E-state index is 0.0429. The van der Waals surface area contributed by atoms with Gasteiger partial charge in [0.05, 0.1) is 0 Å². The molecule has 0 unspecified atom stereocenters. The highest BCUT2D eigenvalue weighted by Gasteiger charge is 2.18. The molecule has 29 heavy (non-hydrogen) atoms. The molecule has 2 heterocycles. The molecule has 2 aliphatic rings. The second-order valence-corrected chi connectivity index (χ2v) is 8.56. The maximum atomic E-state index is 12.7. The van der Waals surface area contributed by atoms with Crippen molar-refractivity contribution in [2.75, 3.05) is 29.9 Å². The maximum absolute atomic E-state index is 12.7. The van der Waals surface area contributed by atoms with E-state index in [0.29, 0.717) is 11.6 Å². The second kappa shape index (κ2) is 9.45. The third-order valence-electron chi connectivity index (χ3n) is 6.36. The molecule has 0 spiro atoms. The molecule has 0 saturated carbocycles. The number of likely N-dealkylation sites (tertiary alicyclic amines) is 1. The summed E-state index contributed by atoms with van der Waals surface area (Å²) in [5.41, 5.74) is 4.06. The monoisotopic (exact) mass is 391 g/mol. The summed E-state index contributed by atoms with van der Waals surface area (Å²) in [6, 6.07) is 17.0. The number of piperidine rings is 2. The lowest BCUT2D eigenvalue weighted by Gasteiger charge is -2.33. The molecule has 2 aromatic carbocycles. The number of carbonyl (C=O) groups excluding carboxylic acids is 1. The Bertz CT molecular complexity index is 811. The van der Waals surface area contributed by atoms with Crippen LogP contribution in [-0.4, -0.2) is 36.5 Å². The van der Waals surface area contributed by atoms with E-state index in [1.165, 1.54) is 56.3 Å². The predicted octanol–water partition coefficient (Wildman–Crippen LogP) is 5.30. The van der Waals surface area contributed by atoms with Crippen LogP contribution in [0.4, 0.5) is 11.4 Å². The number of benzene rings is 2. The topological polar surface area (TPSA) is 35.6 Å². The van der Waals surface area contributed by atoms with Crippen molar-refractivity contribution < 1.29 is 4.79 Å². The van der Waals surface area contributed by atoms with Gasteiger partial charge >= 0.3 is 0 Å². The van der Waals surface area contributed by atoms with Gasteiger partial charge in [-0.25, -0.2) is 0 Å². The highest BCUT2D eigenvalue weighted by atomic mass is 16.1. The molecule has 4 nitrogen and oxygen atoms in total. The van der Waals surface area contributed by atoms with Crippen molar-refractivity contribution in [3.8, 4) is 0 Å². The van der Waals surface area contributed by atoms with Crippen molar-refractivity contribution in [3.05, 3.63) is 59.7 Å². The molecule has 1 atom stereocenters. The van der Waals surface area contributed by atoms with E-state index < -0.39 is 0 Å². The fraction of sp³-hybridized carbons (Fsp3) is 0.480. The van der Waals surface area contributed by atoms with Gasteiger partial charge in [0.25, 0.3) is 5.91 Å². The molecule has 0 aliphatic carbocycles. The molecule has 4 rings (SSSR count). The van der Waals surface area contributed by atoms with E-state index in [4.69, 9.17) is 0 Å². The van der Waals surface area contributed by atoms with E-state index in [-0.39, 0.29) is 5.91 Å². The molecule has 2 aromatic rings. The van der Waals surface area contributed by atoms with Gasteiger partial charge in [0.1, 0.15) is 0 Å². The summed E-state index contributed by atoms with van der Waals surface area (Å²) in [5.74, 6) is -0.0429. The highest BCUT2D eigenvalue weighted by Crippen LogP contribution is 2.22. The second-order valence-electron chi connectivity index (χ2n) is 8.56. The highest BCUT2D eigenvalue weighted by molar-refractivity contribution is 6.04. The van der Waals surface area contributed by atoms with Crippen molar-refractivity contribution in [2.24, 2.45) is 0 Å². The summed E-state index contributed by atoms with van der Waals surface area (Å²) >= 11 is 0. The van der Waals surface area contributed by atoms with Gasteiger partial charge in [-0.3, -0.25) is 9.69 Å². The minimum Gasteiger partial charge on any atom is -0.372 e. The smallest absolute Gasteiger partial charge is 0.255 e. The van der Waals surface area contributed by atoms with E-state index in [2.05, 4.69) is 46.3 Å². The lowest BCUT2D eigenvalue weighted by atomic mass is 10.0. The summed E-state index contributed by atoms with van der Waals surface area (Å²) in [6.45, 7) is 6.68. The SMILES string of the molecule is C[C@H]1CCCCN1Cc1cccc(NC(=O)c2ccc(N3CCCCC3)cc2)c1. The van der Waals surface area contributed by atoms with Gasteiger partial charge in [-0.05, 0) is 87.5 Å². The summed E-state index contributed by atoms with van der Waals surface area (Å²) in [5, 5.41) is 3.08. The van der Waals surface area contributed by atoms with Crippen LogP contribution in [0.15, 0.2) is 48.5 Å². The van der Waals surface area contributed by atoms with Crippen molar-refractivity contribution in [3.63, 3.8) is 0 Å². The van der Waals surface area contributed by atoms with Crippen LogP contribution >= 0.6 is 0 Å². The largest absolute Gasteiger partial charge is 0.372 e. The van der Waals surface area contributed by atoms with Crippen LogP contribution in [0.3, 0.4) is 0 Å². The van der Waals surface area contributed by atoms with E-state index in [9.17, 15) is 4.79 Å². The lowest BCUT2D eigenvalue weighted by Crippen LogP contribution is -2.36. The number of hydrogen-bond acceptors (Lipinski definition) is 3. The zero-order chi connectivity index (χ0) is 20.1. The molecule has 0 bridgehead atoms. The van der Waals surface area contributed by atoms with Crippen molar-refractivity contribution >= 4 is 17.3 Å². The minimum atomic E-state index is -0.0429. The van der Waals surface area contributed by atoms with Gasteiger partial charge in [-0.1, -0.05) is 18.6 Å². The van der Waals surface area contributed by atoms with Crippen LogP contribution in [0, 0.1) is 0 Å². The Labute approximate surface area is 174 Å². The Morgan fingerprint density at radius 1 is 0.966 bits per heavy atom. The van der Waals surface area contributed by atoms with E-state index >= 15 is 0 Å². The third kappa shape index (κ3) is 5.18. The number of carbonyl (C=O) groups is 1. The summed E-state index contributed by atoms with van der Waals surface area (Å²) in [4.78, 5) is 17.7. The summed E-state index contributed by atoms with van der Waals surface area (Å²) in [7, 11) is 0. The Balaban J connectivity index is 1.37. The number of amides is 1. The number of nitrogens with zero attached hydrogens (tertiary/aromatic N) is 2. The van der Waals surface area contributed by atoms with Crippen LogP contribution in [0.25, 0.3) is 0 Å². The van der Waals surface area contributed by atoms with Crippen LogP contribution in [0.2, 0.25) is 0 Å². The predicted molar refractivity (Wildman–Crippen MR) is 121 cm³/mol. The number of anilines is 2. The average Bonchev–Trinajstić information content (AvgIpc) is 2.76. The van der Waals surface area contributed by atoms with E-state index in [0.717, 1.165) is 25.3 Å². The Morgan fingerprint density at radius 2 is 1.72 bits per heavy atom. The molecule has 0 radical (unpaired) electrons. The Kier molecular flexibility index (Phi) is 6.50. The first-order chi connectivity index (χ1) is 14.2. The first-order valence-corrected chi connectivity index (χ1v) is 11.2. The van der Waals surface area contributed by atoms with E-state index in [1.807, 2.05) is 24.3 Å². The first kappa shape index (κ1) is 20.0. The molecule has 2 saturated heterocycles. The number of nitrogens with one attached hydrogen (secondary N) is 1. The van der Waals surface area contributed by atoms with Gasteiger partial charge in [-0.2, -0.15) is 0 Å². The maximum Gasteiger partial charge on any atom is 0.255 e. The first-order valence-electron chi connectivity index (χ1n) is 11.2. The average molecular weight is 392 g/mol. The van der Waals surface area contributed by atoms with Gasteiger partial charge < -0.3 is 10.2 Å². The Morgan fingerprint density at radius 3 is 2.48 bits per heavy atom. The molecule has 0 aromatic heterocycles. The number of rotatable bonds is 5. The van der Waals surface area contributed by atoms with Gasteiger partial charge in [0.15, 0.2) is 0 Å². The summed E-state index contributed by atoms with van der Waals surface area (Å²) in [6.07, 6.45) is 7.75. The van der Waals surface area contributed by atoms with Gasteiger partial charge in [-0.15, -0.1) is 0 Å². The molecule has 1 amide bonds. The lowest BCUT2D eigenvalue weighted by molar-refractivity contribution is 0.102. The van der Waals surface area contributed by atoms with Crippen molar-refractivity contribution in [1.29, 1.82) is 0 Å². The molecule has 2 fully saturated rings. The summed E-state index contributed by atoms with van der Waals surface area (Å²) < 4.78 is 0. The third-order valence-corrected chi connectivity index (χ3v) is 6.36. The molecule has 4 heteroatoms. The van der Waals surface area contributed by atoms with E-state index in [1.54, 1.807) is 0 Å². The van der Waals surface area contributed by atoms with Crippen LogP contribution in [-0.2, 0) is 6.54 Å². The molecular formula is C25H33N3O. The standard InChI is InChI=1S/C25H33N3O/c1-20-8-3-6-17-28(20)19-21-9-7-10-23(18-21)26-25(29)22-11-13-24(14-12-22)27-15-4-2-5-16-27/h7,9-14,18,20H,2-6,8,15-17,19H2,1H3,(H,26,29)/t20-/m0/s1. The van der Waals surface area contributed by atoms with Crippen molar-refractivity contribution in [1.82, 2.24) is 4.90 Å². The zero-order valence-electron chi connectivity index (χ0n) is 17.6. The normalized spacial score (nSPS) is 20.4. The Hall–Kier alpha value is -2.33. The number of hydrogen-bond donors (Lipinski definition) is 1. The van der Waals surface area contributed by atoms with Gasteiger partial charge in [0, 0.05) is 42.6 Å². The van der Waals surface area contributed by atoms with Crippen LogP contribution < -0.4 is 10.2 Å². The quantitative estimate of drug-likeness (QED) is 0.751. The molecular weight excluding hydrogens is 358 g/mol. The van der Waals surface area contributed by atoms with Crippen LogP contribution in [0.1, 0.15) is 61.4 Å². The fourth-order valence-corrected chi connectivity index (χ4v) is 4.55. The zero-order valence-corrected chi connectivity index (χ0v) is 17.6.